The zero-order valence-electron chi connectivity index (χ0n) is 14.9. The molecule has 3 aliphatic rings. The lowest BCUT2D eigenvalue weighted by Gasteiger charge is -2.43. The summed E-state index contributed by atoms with van der Waals surface area (Å²) < 4.78 is 1.20. The first-order valence-corrected chi connectivity index (χ1v) is 10.5. The smallest absolute Gasteiger partial charge is 0.239 e. The minimum Gasteiger partial charge on any atom is -0.359 e. The van der Waals surface area contributed by atoms with Crippen LogP contribution in [0.5, 0.6) is 0 Å². The molecule has 1 amide bonds. The molecule has 136 valence electrons. The van der Waals surface area contributed by atoms with Gasteiger partial charge in [-0.1, -0.05) is 36.0 Å². The van der Waals surface area contributed by atoms with Crippen LogP contribution in [0.3, 0.4) is 0 Å². The normalized spacial score (nSPS) is 25.3. The molecule has 3 aromatic rings. The third-order valence-electron chi connectivity index (χ3n) is 6.47. The fourth-order valence-corrected chi connectivity index (χ4v) is 5.72. The van der Waals surface area contributed by atoms with Crippen molar-refractivity contribution in [1.29, 1.82) is 0 Å². The molecule has 2 saturated carbocycles. The summed E-state index contributed by atoms with van der Waals surface area (Å²) in [6.45, 7) is 0. The Hall–Kier alpha value is -2.47. The summed E-state index contributed by atoms with van der Waals surface area (Å²) in [6, 6.07) is 12.9. The highest BCUT2D eigenvalue weighted by Gasteiger charge is 2.57. The number of para-hydroxylation sites is 1. The predicted molar refractivity (Wildman–Crippen MR) is 107 cm³/mol. The molecule has 2 fully saturated rings. The lowest BCUT2D eigenvalue weighted by atomic mass is 9.65. The van der Waals surface area contributed by atoms with Crippen LogP contribution < -0.4 is 10.2 Å². The van der Waals surface area contributed by atoms with Gasteiger partial charge in [-0.15, -0.1) is 0 Å². The van der Waals surface area contributed by atoms with Gasteiger partial charge in [-0.2, -0.15) is 0 Å². The molecule has 27 heavy (non-hydrogen) atoms. The fraction of sp³-hybridized carbons (Fsp3) is 0.381. The number of aromatic nitrogens is 2. The van der Waals surface area contributed by atoms with Gasteiger partial charge in [0.2, 0.25) is 5.91 Å². The second-order valence-electron chi connectivity index (χ2n) is 7.94. The number of carbonyl (C=O) groups is 1. The second kappa shape index (κ2) is 5.52. The largest absolute Gasteiger partial charge is 0.359 e. The molecule has 3 heterocycles. The molecule has 1 aromatic carbocycles. The molecule has 0 unspecified atom stereocenters. The first kappa shape index (κ1) is 15.6. The van der Waals surface area contributed by atoms with E-state index in [0.29, 0.717) is 6.04 Å². The Balaban J connectivity index is 1.20. The van der Waals surface area contributed by atoms with Crippen molar-refractivity contribution in [2.75, 3.05) is 10.2 Å². The van der Waals surface area contributed by atoms with Gasteiger partial charge in [0.15, 0.2) is 5.13 Å². The van der Waals surface area contributed by atoms with E-state index in [-0.39, 0.29) is 17.4 Å². The molecular weight excluding hydrogens is 356 g/mol. The third-order valence-corrected chi connectivity index (χ3v) is 7.43. The molecule has 6 rings (SSSR count). The maximum absolute atomic E-state index is 13.2. The first-order valence-electron chi connectivity index (χ1n) is 9.66. The Labute approximate surface area is 161 Å². The zero-order chi connectivity index (χ0) is 18.0. The van der Waals surface area contributed by atoms with Gasteiger partial charge in [0, 0.05) is 23.8 Å². The van der Waals surface area contributed by atoms with E-state index in [9.17, 15) is 4.79 Å². The van der Waals surface area contributed by atoms with Gasteiger partial charge < -0.3 is 5.32 Å². The number of nitrogens with zero attached hydrogens (tertiary/aromatic N) is 3. The van der Waals surface area contributed by atoms with Gasteiger partial charge in [0.25, 0.3) is 0 Å². The number of amides is 1. The van der Waals surface area contributed by atoms with Gasteiger partial charge in [-0.05, 0) is 43.9 Å². The Morgan fingerprint density at radius 3 is 2.78 bits per heavy atom. The Morgan fingerprint density at radius 1 is 1.15 bits per heavy atom. The van der Waals surface area contributed by atoms with Gasteiger partial charge in [-0.25, -0.2) is 9.97 Å². The molecule has 5 nitrogen and oxygen atoms in total. The summed E-state index contributed by atoms with van der Waals surface area (Å²) in [5.41, 5.74) is 1.93. The number of rotatable bonds is 3. The van der Waals surface area contributed by atoms with E-state index < -0.39 is 0 Å². The summed E-state index contributed by atoms with van der Waals surface area (Å²) in [5.74, 6) is 1.19. The topological polar surface area (TPSA) is 58.1 Å². The molecule has 0 atom stereocenters. The van der Waals surface area contributed by atoms with Crippen molar-refractivity contribution in [3.8, 4) is 0 Å². The number of pyridine rings is 1. The van der Waals surface area contributed by atoms with Crippen molar-refractivity contribution < 1.29 is 4.79 Å². The van der Waals surface area contributed by atoms with Crippen molar-refractivity contribution in [2.24, 2.45) is 0 Å². The lowest BCUT2D eigenvalue weighted by molar-refractivity contribution is -0.126. The van der Waals surface area contributed by atoms with Crippen molar-refractivity contribution >= 4 is 38.4 Å². The maximum Gasteiger partial charge on any atom is 0.239 e. The Kier molecular flexibility index (Phi) is 3.18. The zero-order valence-corrected chi connectivity index (χ0v) is 15.7. The highest BCUT2D eigenvalue weighted by molar-refractivity contribution is 7.22. The van der Waals surface area contributed by atoms with Crippen LogP contribution in [0.25, 0.3) is 10.2 Å². The monoisotopic (exact) mass is 376 g/mol. The molecule has 0 bridgehead atoms. The number of benzene rings is 1. The molecule has 2 aromatic heterocycles. The van der Waals surface area contributed by atoms with Crippen molar-refractivity contribution in [3.63, 3.8) is 0 Å². The highest BCUT2D eigenvalue weighted by Crippen LogP contribution is 2.54. The second-order valence-corrected chi connectivity index (χ2v) is 8.97. The SMILES string of the molecule is O=C1N(C2CC(Nc3nc4ccccc4s3)C2)c2ncccc2C12CCC2. The summed E-state index contributed by atoms with van der Waals surface area (Å²) in [4.78, 5) is 24.5. The van der Waals surface area contributed by atoms with E-state index in [1.807, 2.05) is 35.4 Å². The third kappa shape index (κ3) is 2.13. The minimum atomic E-state index is -0.269. The van der Waals surface area contributed by atoms with Crippen LogP contribution in [-0.4, -0.2) is 28.0 Å². The fourth-order valence-electron chi connectivity index (χ4n) is 4.78. The molecule has 0 radical (unpaired) electrons. The Morgan fingerprint density at radius 2 is 2.00 bits per heavy atom. The molecular formula is C21H20N4OS. The summed E-state index contributed by atoms with van der Waals surface area (Å²) in [5, 5.41) is 4.53. The van der Waals surface area contributed by atoms with E-state index in [2.05, 4.69) is 27.4 Å². The van der Waals surface area contributed by atoms with Crippen LogP contribution in [-0.2, 0) is 10.2 Å². The molecule has 1 aliphatic heterocycles. The molecule has 1 N–H and O–H groups in total. The van der Waals surface area contributed by atoms with Crippen LogP contribution in [0.4, 0.5) is 10.9 Å². The summed E-state index contributed by atoms with van der Waals surface area (Å²) in [7, 11) is 0. The van der Waals surface area contributed by atoms with Gasteiger partial charge in [0.05, 0.1) is 15.6 Å². The predicted octanol–water partition coefficient (Wildman–Crippen LogP) is 4.10. The number of anilines is 2. The van der Waals surface area contributed by atoms with Crippen molar-refractivity contribution in [2.45, 2.75) is 49.6 Å². The average Bonchev–Trinajstić information content (AvgIpc) is 3.13. The van der Waals surface area contributed by atoms with Crippen LogP contribution in [0, 0.1) is 0 Å². The van der Waals surface area contributed by atoms with E-state index in [1.165, 1.54) is 4.70 Å². The molecule has 6 heteroatoms. The summed E-state index contributed by atoms with van der Waals surface area (Å²) >= 11 is 1.69. The van der Waals surface area contributed by atoms with Crippen LogP contribution in [0.15, 0.2) is 42.6 Å². The maximum atomic E-state index is 13.2. The first-order chi connectivity index (χ1) is 13.2. The van der Waals surface area contributed by atoms with E-state index in [4.69, 9.17) is 0 Å². The van der Waals surface area contributed by atoms with Crippen LogP contribution in [0.2, 0.25) is 0 Å². The number of hydrogen-bond donors (Lipinski definition) is 1. The van der Waals surface area contributed by atoms with Crippen LogP contribution >= 0.6 is 11.3 Å². The number of fused-ring (bicyclic) bond motifs is 3. The van der Waals surface area contributed by atoms with Gasteiger partial charge >= 0.3 is 0 Å². The van der Waals surface area contributed by atoms with E-state index >= 15 is 0 Å². The lowest BCUT2D eigenvalue weighted by Crippen LogP contribution is -2.55. The number of carbonyl (C=O) groups excluding carboxylic acids is 1. The van der Waals surface area contributed by atoms with Gasteiger partial charge in [0.1, 0.15) is 5.82 Å². The summed E-state index contributed by atoms with van der Waals surface area (Å²) in [6.07, 6.45) is 6.80. The van der Waals surface area contributed by atoms with Crippen molar-refractivity contribution in [1.82, 2.24) is 9.97 Å². The molecule has 2 aliphatic carbocycles. The average molecular weight is 376 g/mol. The molecule has 1 spiro atoms. The number of nitrogens with one attached hydrogen (secondary N) is 1. The van der Waals surface area contributed by atoms with Crippen LogP contribution in [0.1, 0.15) is 37.7 Å². The highest BCUT2D eigenvalue weighted by atomic mass is 32.1. The quantitative estimate of drug-likeness (QED) is 0.748. The Bertz CT molecular complexity index is 1020. The van der Waals surface area contributed by atoms with E-state index in [0.717, 1.165) is 54.1 Å². The van der Waals surface area contributed by atoms with Gasteiger partial charge in [-0.3, -0.25) is 9.69 Å². The van der Waals surface area contributed by atoms with Crippen molar-refractivity contribution in [3.05, 3.63) is 48.2 Å². The van der Waals surface area contributed by atoms with E-state index in [1.54, 1.807) is 11.3 Å². The standard InChI is InChI=1S/C21H20N4OS/c26-19-21(8-4-9-21)15-5-3-10-22-18(15)25(19)14-11-13(12-14)23-20-24-16-6-1-2-7-17(16)27-20/h1-3,5-7,10,13-14H,4,8-9,11-12H2,(H,23,24). The number of hydrogen-bond acceptors (Lipinski definition) is 5. The molecule has 0 saturated heterocycles. The number of thiazole rings is 1. The minimum absolute atomic E-state index is 0.248.